The number of amides is 2. The van der Waals surface area contributed by atoms with Crippen molar-refractivity contribution in [3.05, 3.63) is 0 Å². The smallest absolute Gasteiger partial charge is 0.759 e. The van der Waals surface area contributed by atoms with Gasteiger partial charge in [0.15, 0.2) is 0 Å². The Morgan fingerprint density at radius 3 is 0.571 bits per heavy atom. The van der Waals surface area contributed by atoms with Crippen LogP contribution >= 0.6 is 0 Å². The van der Waals surface area contributed by atoms with E-state index in [0.717, 1.165) is 0 Å². The summed E-state index contributed by atoms with van der Waals surface area (Å²) in [6.07, 6.45) is 0. The molecule has 4 N–H and O–H groups in total. The minimum absolute atomic E-state index is 0. The van der Waals surface area contributed by atoms with Crippen molar-refractivity contribution >= 4 is 37.2 Å². The Bertz CT molecular complexity index is 433. The number of urea groups is 1. The van der Waals surface area contributed by atoms with Crippen molar-refractivity contribution in [3.63, 3.8) is 0 Å². The number of carbonyl (C=O) groups excluding carboxylic acids is 1. The maximum absolute atomic E-state index is 9.00. The molecule has 0 spiro atoms. The summed E-state index contributed by atoms with van der Waals surface area (Å²) in [5.41, 5.74) is 8.50. The summed E-state index contributed by atoms with van der Waals surface area (Å²) in [6, 6.07) is -0.833. The Morgan fingerprint density at radius 2 is 0.571 bits per heavy atom. The molecule has 0 aromatic rings. The van der Waals surface area contributed by atoms with Gasteiger partial charge in [-0.15, -0.1) is 0 Å². The quantitative estimate of drug-likeness (QED) is 0.257. The van der Waals surface area contributed by atoms with Gasteiger partial charge in [-0.05, 0) is 0 Å². The molecule has 0 aromatic carbocycles. The molecular weight excluding hydrogens is 448 g/mol. The fraction of sp³-hybridized carbons (Fsp3) is 0. The van der Waals surface area contributed by atoms with Crippen molar-refractivity contribution in [3.8, 4) is 0 Å². The maximum atomic E-state index is 9.00. The number of carbonyl (C=O) groups is 1. The van der Waals surface area contributed by atoms with E-state index in [4.69, 9.17) is 57.4 Å². The topological polar surface area (TPSA) is 310 Å². The molecule has 0 aromatic heterocycles. The number of hydrogen-bond donors (Lipinski definition) is 2. The first-order valence-electron chi connectivity index (χ1n) is 2.78. The fourth-order valence-electron chi connectivity index (χ4n) is 0. The van der Waals surface area contributed by atoms with E-state index in [-0.39, 0.29) is 34.7 Å². The summed E-state index contributed by atoms with van der Waals surface area (Å²) in [7, 11) is -15.5. The number of hydrogen-bond acceptors (Lipinski definition) is 13. The molecule has 20 heteroatoms. The first-order chi connectivity index (χ1) is 7.73. The van der Waals surface area contributed by atoms with Crippen LogP contribution in [0.3, 0.4) is 0 Å². The van der Waals surface area contributed by atoms with Gasteiger partial charge in [0.25, 0.3) is 0 Å². The molecule has 0 aliphatic carbocycles. The second-order valence-electron chi connectivity index (χ2n) is 1.63. The van der Waals surface area contributed by atoms with Gasteiger partial charge in [0.2, 0.25) is 0 Å². The van der Waals surface area contributed by atoms with Crippen LogP contribution in [0.25, 0.3) is 0 Å². The van der Waals surface area contributed by atoms with Crippen molar-refractivity contribution in [2.45, 2.75) is 0 Å². The van der Waals surface area contributed by atoms with Gasteiger partial charge in [0.05, 0.1) is 0 Å². The first-order valence-corrected chi connectivity index (χ1v) is 6.78. The Hall–Kier alpha value is -0.0551. The molecule has 0 rings (SSSR count). The number of nitrogens with two attached hydrogens (primary N) is 2. The van der Waals surface area contributed by atoms with Gasteiger partial charge < -0.3 is 38.8 Å². The van der Waals surface area contributed by atoms with Crippen LogP contribution in [0.1, 0.15) is 0 Å². The van der Waals surface area contributed by atoms with E-state index in [0.29, 0.717) is 0 Å². The molecule has 0 fully saturated rings. The Morgan fingerprint density at radius 1 is 0.571 bits per heavy atom. The predicted octanol–water partition coefficient (Wildman–Crippen LogP) is -5.00. The van der Waals surface area contributed by atoms with E-state index in [1.807, 2.05) is 0 Å². The van der Waals surface area contributed by atoms with Crippen LogP contribution in [0.5, 0.6) is 0 Å². The zero-order chi connectivity index (χ0) is 17.1. The van der Waals surface area contributed by atoms with E-state index >= 15 is 0 Å². The van der Waals surface area contributed by atoms with Gasteiger partial charge in [-0.3, -0.25) is 25.3 Å². The average Bonchev–Trinajstić information content (AvgIpc) is 1.66. The van der Waals surface area contributed by atoms with Crippen LogP contribution in [-0.2, 0) is 65.9 Å². The van der Waals surface area contributed by atoms with Crippen LogP contribution in [0.4, 0.5) is 4.79 Å². The average molecular weight is 452 g/mol. The van der Waals surface area contributed by atoms with Crippen LogP contribution in [0.15, 0.2) is 0 Å². The number of primary amides is 2. The third kappa shape index (κ3) is 2120000. The Labute approximate surface area is 140 Å². The molecule has 0 aliphatic heterocycles. The van der Waals surface area contributed by atoms with Crippen LogP contribution in [-0.4, -0.2) is 58.6 Å². The van der Waals surface area contributed by atoms with Gasteiger partial charge in [-0.1, -0.05) is 0 Å². The molecule has 2 radical (unpaired) electrons. The Kier molecular flexibility index (Phi) is 29.0. The molecule has 2 amide bonds. The Balaban J connectivity index is -0.0000000347. The second-order valence-corrected chi connectivity index (χ2v) is 4.08. The molecule has 126 valence electrons. The van der Waals surface area contributed by atoms with Crippen LogP contribution in [0.2, 0.25) is 0 Å². The summed E-state index contributed by atoms with van der Waals surface area (Å²) >= 11 is 0. The second kappa shape index (κ2) is 16.3. The van der Waals surface area contributed by atoms with Crippen molar-refractivity contribution in [2.75, 3.05) is 0 Å². The molecule has 0 bridgehead atoms. The van der Waals surface area contributed by atoms with Crippen LogP contribution < -0.4 is 11.5 Å². The molecule has 15 nitrogen and oxygen atoms in total. The molecule has 21 heavy (non-hydrogen) atoms. The molecule has 0 saturated heterocycles. The van der Waals surface area contributed by atoms with Crippen molar-refractivity contribution in [2.24, 2.45) is 11.5 Å². The summed E-state index contributed by atoms with van der Waals surface area (Å²) in [5, 5.41) is 0. The van der Waals surface area contributed by atoms with E-state index < -0.39 is 37.2 Å². The minimum atomic E-state index is -5.17. The largest absolute Gasteiger partial charge is 3.00 e. The third-order valence-electron chi connectivity index (χ3n) is 0. The summed E-state index contributed by atoms with van der Waals surface area (Å²) in [5.74, 6) is 0. The van der Waals surface area contributed by atoms with Gasteiger partial charge in [-0.2, -0.15) is 0 Å². The van der Waals surface area contributed by atoms with E-state index in [1.54, 1.807) is 0 Å². The van der Waals surface area contributed by atoms with Gasteiger partial charge in [-0.25, -0.2) is 4.79 Å². The van der Waals surface area contributed by atoms with E-state index in [2.05, 4.69) is 11.5 Å². The molecule has 0 heterocycles. The van der Waals surface area contributed by atoms with Crippen molar-refractivity contribution in [1.82, 2.24) is 0 Å². The normalized spacial score (nSPS) is 9.43. The minimum Gasteiger partial charge on any atom is -0.759 e. The standard InChI is InChI=1S/CH4N2O.2Cr.3H2O4S/c2-1(3)4;;;3*1-5(2,3)4/h(H4,2,3,4);;;3*(H2,1,2,3,4)/q;2*+3;;;/p-6. The molecule has 0 unspecified atom stereocenters. The van der Waals surface area contributed by atoms with Crippen molar-refractivity contribution < 1.29 is 92.1 Å². The maximum Gasteiger partial charge on any atom is 3.00 e. The van der Waals surface area contributed by atoms with Crippen molar-refractivity contribution in [1.29, 1.82) is 0 Å². The predicted molar refractivity (Wildman–Crippen MR) is 45.2 cm³/mol. The molecular formula is CH4Cr2N2O13S3. The monoisotopic (exact) mass is 452 g/mol. The summed E-state index contributed by atoms with van der Waals surface area (Å²) < 4.78 is 102. The third-order valence-corrected chi connectivity index (χ3v) is 0. The summed E-state index contributed by atoms with van der Waals surface area (Å²) in [6.45, 7) is 0. The number of rotatable bonds is 0. The van der Waals surface area contributed by atoms with Gasteiger partial charge in [0, 0.05) is 31.2 Å². The zero-order valence-electron chi connectivity index (χ0n) is 9.00. The molecule has 0 atom stereocenters. The van der Waals surface area contributed by atoms with Gasteiger partial charge >= 0.3 is 40.8 Å². The zero-order valence-corrected chi connectivity index (χ0v) is 14.0. The van der Waals surface area contributed by atoms with E-state index in [9.17, 15) is 0 Å². The van der Waals surface area contributed by atoms with Gasteiger partial charge in [0.1, 0.15) is 0 Å². The molecule has 0 saturated carbocycles. The summed E-state index contributed by atoms with van der Waals surface area (Å²) in [4.78, 5) is 9.00. The molecule has 0 aliphatic rings. The first kappa shape index (κ1) is 37.3. The fourth-order valence-corrected chi connectivity index (χ4v) is 0. The van der Waals surface area contributed by atoms with E-state index in [1.165, 1.54) is 0 Å². The SMILES string of the molecule is NC(N)=O.O=S(=O)([O-])[O-].O=S(=O)([O-])[O-].O=S(=O)([O-])[O-].[Cr+3].[Cr+3]. The van der Waals surface area contributed by atoms with Crippen LogP contribution in [0, 0.1) is 0 Å².